The molecule has 2 nitrogen and oxygen atoms in total. The monoisotopic (exact) mass is 266 g/mol. The van der Waals surface area contributed by atoms with Gasteiger partial charge in [-0.2, -0.15) is 0 Å². The van der Waals surface area contributed by atoms with E-state index in [1.54, 1.807) is 18.2 Å². The first-order chi connectivity index (χ1) is 9.19. The third kappa shape index (κ3) is 5.41. The van der Waals surface area contributed by atoms with Gasteiger partial charge in [-0.3, -0.25) is 4.79 Å². The third-order valence-corrected chi connectivity index (χ3v) is 3.21. The van der Waals surface area contributed by atoms with E-state index in [-0.39, 0.29) is 18.0 Å². The van der Waals surface area contributed by atoms with Crippen LogP contribution in [0.15, 0.2) is 18.2 Å². The Morgan fingerprint density at radius 1 is 1.21 bits per heavy atom. The van der Waals surface area contributed by atoms with Crippen LogP contribution in [0.2, 0.25) is 0 Å². The van der Waals surface area contributed by atoms with Crippen LogP contribution >= 0.6 is 0 Å². The average molecular weight is 266 g/mol. The molecular weight excluding hydrogens is 243 g/mol. The third-order valence-electron chi connectivity index (χ3n) is 3.21. The first-order valence-electron chi connectivity index (χ1n) is 7.02. The SMILES string of the molecule is CCCCCCCC(=O)Cc1cccc(OC)c1F. The van der Waals surface area contributed by atoms with Crippen molar-refractivity contribution in [2.24, 2.45) is 0 Å². The summed E-state index contributed by atoms with van der Waals surface area (Å²) in [6.07, 6.45) is 6.29. The molecule has 19 heavy (non-hydrogen) atoms. The van der Waals surface area contributed by atoms with E-state index in [9.17, 15) is 9.18 Å². The molecule has 0 aliphatic heterocycles. The molecule has 0 heterocycles. The zero-order valence-electron chi connectivity index (χ0n) is 11.9. The van der Waals surface area contributed by atoms with Crippen molar-refractivity contribution in [1.29, 1.82) is 0 Å². The maximum atomic E-state index is 13.8. The number of ether oxygens (including phenoxy) is 1. The summed E-state index contributed by atoms with van der Waals surface area (Å²) in [6.45, 7) is 2.16. The van der Waals surface area contributed by atoms with Crippen molar-refractivity contribution in [2.75, 3.05) is 7.11 Å². The van der Waals surface area contributed by atoms with Gasteiger partial charge in [0.2, 0.25) is 0 Å². The molecule has 0 saturated carbocycles. The van der Waals surface area contributed by atoms with Gasteiger partial charge in [-0.25, -0.2) is 4.39 Å². The Hall–Kier alpha value is -1.38. The highest BCUT2D eigenvalue weighted by molar-refractivity contribution is 5.81. The van der Waals surface area contributed by atoms with Crippen LogP contribution in [0.25, 0.3) is 0 Å². The van der Waals surface area contributed by atoms with Gasteiger partial charge in [0.25, 0.3) is 0 Å². The first-order valence-corrected chi connectivity index (χ1v) is 7.02. The van der Waals surface area contributed by atoms with E-state index < -0.39 is 5.82 Å². The Balaban J connectivity index is 2.40. The van der Waals surface area contributed by atoms with Gasteiger partial charge < -0.3 is 4.74 Å². The number of hydrogen-bond donors (Lipinski definition) is 0. The molecule has 0 aliphatic carbocycles. The quantitative estimate of drug-likeness (QED) is 0.623. The lowest BCUT2D eigenvalue weighted by Gasteiger charge is -2.06. The number of ketones is 1. The molecule has 0 amide bonds. The summed E-state index contributed by atoms with van der Waals surface area (Å²) in [5, 5.41) is 0. The fourth-order valence-electron chi connectivity index (χ4n) is 2.08. The van der Waals surface area contributed by atoms with Gasteiger partial charge >= 0.3 is 0 Å². The van der Waals surface area contributed by atoms with Gasteiger partial charge in [0, 0.05) is 12.8 Å². The maximum Gasteiger partial charge on any atom is 0.168 e. The van der Waals surface area contributed by atoms with Crippen molar-refractivity contribution in [3.05, 3.63) is 29.6 Å². The molecule has 1 aromatic rings. The van der Waals surface area contributed by atoms with Gasteiger partial charge in [0.15, 0.2) is 11.6 Å². The van der Waals surface area contributed by atoms with Crippen LogP contribution in [0.1, 0.15) is 51.0 Å². The van der Waals surface area contributed by atoms with Gasteiger partial charge in [0.05, 0.1) is 7.11 Å². The number of rotatable bonds is 9. The second-order valence-corrected chi connectivity index (χ2v) is 4.81. The van der Waals surface area contributed by atoms with Crippen molar-refractivity contribution in [1.82, 2.24) is 0 Å². The Kier molecular flexibility index (Phi) is 7.16. The zero-order chi connectivity index (χ0) is 14.1. The number of benzene rings is 1. The minimum Gasteiger partial charge on any atom is -0.494 e. The number of carbonyl (C=O) groups excluding carboxylic acids is 1. The molecule has 0 fully saturated rings. The molecule has 0 spiro atoms. The zero-order valence-corrected chi connectivity index (χ0v) is 11.9. The van der Waals surface area contributed by atoms with Crippen LogP contribution in [0.5, 0.6) is 5.75 Å². The summed E-state index contributed by atoms with van der Waals surface area (Å²) >= 11 is 0. The summed E-state index contributed by atoms with van der Waals surface area (Å²) in [5.74, 6) is -0.110. The lowest BCUT2D eigenvalue weighted by molar-refractivity contribution is -0.118. The molecular formula is C16H23FO2. The van der Waals surface area contributed by atoms with Crippen LogP contribution in [-0.4, -0.2) is 12.9 Å². The number of Topliss-reactive ketones (excluding diaryl/α,β-unsaturated/α-hetero) is 1. The van der Waals surface area contributed by atoms with Crippen molar-refractivity contribution in [3.63, 3.8) is 0 Å². The summed E-state index contributed by atoms with van der Waals surface area (Å²) in [4.78, 5) is 11.8. The molecule has 106 valence electrons. The van der Waals surface area contributed by atoms with Gasteiger partial charge in [-0.1, -0.05) is 44.7 Å². The van der Waals surface area contributed by atoms with Crippen LogP contribution in [0.4, 0.5) is 4.39 Å². The first kappa shape index (κ1) is 15.7. The van der Waals surface area contributed by atoms with E-state index in [0.717, 1.165) is 12.8 Å². The van der Waals surface area contributed by atoms with E-state index in [2.05, 4.69) is 6.92 Å². The highest BCUT2D eigenvalue weighted by atomic mass is 19.1. The van der Waals surface area contributed by atoms with Crippen LogP contribution < -0.4 is 4.74 Å². The molecule has 0 unspecified atom stereocenters. The van der Waals surface area contributed by atoms with E-state index in [0.29, 0.717) is 12.0 Å². The molecule has 0 saturated heterocycles. The second-order valence-electron chi connectivity index (χ2n) is 4.81. The fraction of sp³-hybridized carbons (Fsp3) is 0.562. The molecule has 3 heteroatoms. The molecule has 1 aromatic carbocycles. The van der Waals surface area contributed by atoms with Crippen LogP contribution in [0.3, 0.4) is 0 Å². The largest absolute Gasteiger partial charge is 0.494 e. The highest BCUT2D eigenvalue weighted by Crippen LogP contribution is 2.21. The molecule has 0 atom stereocenters. The maximum absolute atomic E-state index is 13.8. The summed E-state index contributed by atoms with van der Waals surface area (Å²) in [6, 6.07) is 4.92. The van der Waals surface area contributed by atoms with Gasteiger partial charge in [-0.05, 0) is 18.1 Å². The standard InChI is InChI=1S/C16H23FO2/c1-3-4-5-6-7-10-14(18)12-13-9-8-11-15(19-2)16(13)17/h8-9,11H,3-7,10,12H2,1-2H3. The smallest absolute Gasteiger partial charge is 0.168 e. The van der Waals surface area contributed by atoms with Gasteiger partial charge in [-0.15, -0.1) is 0 Å². The molecule has 0 aromatic heterocycles. The van der Waals surface area contributed by atoms with Gasteiger partial charge in [0.1, 0.15) is 5.78 Å². The highest BCUT2D eigenvalue weighted by Gasteiger charge is 2.11. The van der Waals surface area contributed by atoms with Crippen molar-refractivity contribution < 1.29 is 13.9 Å². The molecule has 0 radical (unpaired) electrons. The molecule has 0 aliphatic rings. The topological polar surface area (TPSA) is 26.3 Å². The fourth-order valence-corrected chi connectivity index (χ4v) is 2.08. The Labute approximate surface area is 115 Å². The van der Waals surface area contributed by atoms with Crippen molar-refractivity contribution >= 4 is 5.78 Å². The Morgan fingerprint density at radius 2 is 1.95 bits per heavy atom. The minimum absolute atomic E-state index is 0.101. The lowest BCUT2D eigenvalue weighted by atomic mass is 10.0. The van der Waals surface area contributed by atoms with Crippen LogP contribution in [-0.2, 0) is 11.2 Å². The summed E-state index contributed by atoms with van der Waals surface area (Å²) < 4.78 is 18.8. The van der Waals surface area contributed by atoms with E-state index in [1.165, 1.54) is 26.4 Å². The van der Waals surface area contributed by atoms with Crippen LogP contribution in [0, 0.1) is 5.82 Å². The van der Waals surface area contributed by atoms with E-state index in [1.807, 2.05) is 0 Å². The number of unbranched alkanes of at least 4 members (excludes halogenated alkanes) is 4. The Bertz CT molecular complexity index is 402. The predicted octanol–water partition coefficient (Wildman–Crippen LogP) is 4.31. The number of halogens is 1. The minimum atomic E-state index is -0.413. The Morgan fingerprint density at radius 3 is 2.63 bits per heavy atom. The summed E-state index contributed by atoms with van der Waals surface area (Å²) in [7, 11) is 1.43. The molecule has 1 rings (SSSR count). The van der Waals surface area contributed by atoms with E-state index >= 15 is 0 Å². The number of methoxy groups -OCH3 is 1. The van der Waals surface area contributed by atoms with E-state index in [4.69, 9.17) is 4.74 Å². The average Bonchev–Trinajstić information content (AvgIpc) is 2.41. The predicted molar refractivity (Wildman–Crippen MR) is 75.0 cm³/mol. The number of carbonyl (C=O) groups is 1. The second kappa shape index (κ2) is 8.68. The molecule has 0 bridgehead atoms. The normalized spacial score (nSPS) is 10.5. The van der Waals surface area contributed by atoms with Crippen molar-refractivity contribution in [3.8, 4) is 5.75 Å². The number of hydrogen-bond acceptors (Lipinski definition) is 2. The van der Waals surface area contributed by atoms with Crippen molar-refractivity contribution in [2.45, 2.75) is 51.9 Å². The lowest BCUT2D eigenvalue weighted by Crippen LogP contribution is -2.05. The summed E-state index contributed by atoms with van der Waals surface area (Å²) in [5.41, 5.74) is 0.429. The molecule has 0 N–H and O–H groups in total.